The third-order valence-corrected chi connectivity index (χ3v) is 5.79. The molecular weight excluding hydrogens is 442 g/mol. The van der Waals surface area contributed by atoms with Gasteiger partial charge in [-0.15, -0.1) is 0 Å². The first kappa shape index (κ1) is 22.7. The van der Waals surface area contributed by atoms with Crippen LogP contribution in [-0.4, -0.2) is 41.0 Å². The number of para-hydroxylation sites is 1. The Morgan fingerprint density at radius 1 is 0.971 bits per heavy atom. The third kappa shape index (κ3) is 5.35. The molecule has 7 nitrogen and oxygen atoms in total. The van der Waals surface area contributed by atoms with Crippen molar-refractivity contribution in [3.8, 4) is 29.1 Å². The van der Waals surface area contributed by atoms with E-state index in [2.05, 4.69) is 27.1 Å². The number of methoxy groups -OCH3 is 1. The zero-order valence-electron chi connectivity index (χ0n) is 19.3. The molecule has 2 heterocycles. The minimum Gasteiger partial charge on any atom is -0.493 e. The Morgan fingerprint density at radius 2 is 1.80 bits per heavy atom. The molecule has 1 fully saturated rings. The first-order chi connectivity index (χ1) is 17.1. The summed E-state index contributed by atoms with van der Waals surface area (Å²) in [7, 11) is 1.61. The molecule has 0 unspecified atom stereocenters. The third-order valence-electron chi connectivity index (χ3n) is 5.79. The molecule has 0 radical (unpaired) electrons. The van der Waals surface area contributed by atoms with Crippen molar-refractivity contribution in [2.75, 3.05) is 25.6 Å². The van der Waals surface area contributed by atoms with Gasteiger partial charge in [0.2, 0.25) is 0 Å². The fourth-order valence-corrected chi connectivity index (χ4v) is 3.84. The molecule has 0 atom stereocenters. The number of rotatable bonds is 5. The van der Waals surface area contributed by atoms with Crippen molar-refractivity contribution in [2.45, 2.75) is 18.4 Å². The highest BCUT2D eigenvalue weighted by Crippen LogP contribution is 2.35. The summed E-state index contributed by atoms with van der Waals surface area (Å²) < 4.78 is 16.8. The van der Waals surface area contributed by atoms with Gasteiger partial charge in [-0.25, -0.2) is 9.97 Å². The van der Waals surface area contributed by atoms with E-state index in [9.17, 15) is 5.11 Å². The highest BCUT2D eigenvalue weighted by atomic mass is 16.5. The molecule has 0 bridgehead atoms. The quantitative estimate of drug-likeness (QED) is 0.397. The summed E-state index contributed by atoms with van der Waals surface area (Å²) in [5.41, 5.74) is 1.34. The van der Waals surface area contributed by atoms with Crippen LogP contribution >= 0.6 is 0 Å². The molecule has 0 spiro atoms. The summed E-state index contributed by atoms with van der Waals surface area (Å²) >= 11 is 0. The van der Waals surface area contributed by atoms with E-state index in [0.717, 1.165) is 27.9 Å². The Kier molecular flexibility index (Phi) is 6.49. The van der Waals surface area contributed by atoms with Crippen molar-refractivity contribution >= 4 is 22.4 Å². The molecule has 176 valence electrons. The lowest BCUT2D eigenvalue weighted by Gasteiger charge is -2.26. The zero-order chi connectivity index (χ0) is 24.1. The van der Waals surface area contributed by atoms with Crippen LogP contribution in [0.5, 0.6) is 17.2 Å². The first-order valence-electron chi connectivity index (χ1n) is 11.4. The summed E-state index contributed by atoms with van der Waals surface area (Å²) in [5, 5.41) is 14.8. The number of nitrogens with zero attached hydrogens (tertiary/aromatic N) is 2. The van der Waals surface area contributed by atoms with Gasteiger partial charge in [0.05, 0.1) is 25.8 Å². The molecule has 3 aromatic carbocycles. The molecule has 1 aliphatic rings. The second-order valence-corrected chi connectivity index (χ2v) is 8.25. The van der Waals surface area contributed by atoms with Gasteiger partial charge in [-0.2, -0.15) is 0 Å². The molecule has 0 aliphatic carbocycles. The predicted molar refractivity (Wildman–Crippen MR) is 134 cm³/mol. The van der Waals surface area contributed by atoms with Crippen LogP contribution < -0.4 is 14.8 Å². The molecule has 5 rings (SSSR count). The fraction of sp³-hybridized carbons (Fsp3) is 0.214. The number of aromatic nitrogens is 2. The van der Waals surface area contributed by atoms with Gasteiger partial charge in [0, 0.05) is 35.5 Å². The van der Waals surface area contributed by atoms with Crippen molar-refractivity contribution in [3.05, 3.63) is 78.6 Å². The highest BCUT2D eigenvalue weighted by Gasteiger charge is 2.27. The van der Waals surface area contributed by atoms with Crippen LogP contribution in [0, 0.1) is 11.8 Å². The van der Waals surface area contributed by atoms with Gasteiger partial charge < -0.3 is 24.6 Å². The highest BCUT2D eigenvalue weighted by molar-refractivity contribution is 5.91. The van der Waals surface area contributed by atoms with Gasteiger partial charge in [0.1, 0.15) is 23.5 Å². The van der Waals surface area contributed by atoms with E-state index in [1.165, 1.54) is 6.33 Å². The maximum atomic E-state index is 10.6. The van der Waals surface area contributed by atoms with Crippen LogP contribution in [0.4, 0.5) is 11.5 Å². The molecule has 4 aromatic rings. The maximum Gasteiger partial charge on any atom is 0.169 e. The molecule has 2 N–H and O–H groups in total. The minimum atomic E-state index is -1.01. The Hall–Kier alpha value is -4.12. The van der Waals surface area contributed by atoms with Crippen LogP contribution in [0.2, 0.25) is 0 Å². The lowest BCUT2D eigenvalue weighted by Crippen LogP contribution is -2.34. The van der Waals surface area contributed by atoms with E-state index in [1.807, 2.05) is 66.7 Å². The van der Waals surface area contributed by atoms with Crippen LogP contribution in [0.1, 0.15) is 18.4 Å². The summed E-state index contributed by atoms with van der Waals surface area (Å²) in [6.07, 6.45) is 2.54. The normalized spacial score (nSPS) is 14.6. The minimum absolute atomic E-state index is 0.509. The fourth-order valence-electron chi connectivity index (χ4n) is 3.84. The van der Waals surface area contributed by atoms with Gasteiger partial charge in [-0.3, -0.25) is 0 Å². The van der Waals surface area contributed by atoms with E-state index in [-0.39, 0.29) is 0 Å². The van der Waals surface area contributed by atoms with Gasteiger partial charge >= 0.3 is 0 Å². The van der Waals surface area contributed by atoms with E-state index < -0.39 is 5.60 Å². The van der Waals surface area contributed by atoms with E-state index >= 15 is 0 Å². The molecular formula is C28H25N3O4. The van der Waals surface area contributed by atoms with Crippen molar-refractivity contribution in [2.24, 2.45) is 0 Å². The number of aliphatic hydroxyl groups is 1. The summed E-state index contributed by atoms with van der Waals surface area (Å²) in [6, 6.07) is 20.9. The standard InChI is InChI=1S/C28H25N3O4/c1-33-26-18-21(8-10-25(26)35-22-5-3-2-4-6-22)31-27-23-17-20(7-9-24(23)29-19-30-27)11-12-28(32)13-15-34-16-14-28/h2-10,17-19,32H,13-16H2,1H3,(H,29,30,31). The monoisotopic (exact) mass is 467 g/mol. The van der Waals surface area contributed by atoms with E-state index in [4.69, 9.17) is 14.2 Å². The topological polar surface area (TPSA) is 85.7 Å². The maximum absolute atomic E-state index is 10.6. The van der Waals surface area contributed by atoms with E-state index in [1.54, 1.807) is 7.11 Å². The lowest BCUT2D eigenvalue weighted by atomic mass is 9.95. The average molecular weight is 468 g/mol. The largest absolute Gasteiger partial charge is 0.493 e. The first-order valence-corrected chi connectivity index (χ1v) is 11.4. The molecule has 1 saturated heterocycles. The number of hydrogen-bond acceptors (Lipinski definition) is 7. The van der Waals surface area contributed by atoms with Crippen molar-refractivity contribution in [3.63, 3.8) is 0 Å². The number of nitrogens with one attached hydrogen (secondary N) is 1. The molecule has 7 heteroatoms. The number of fused-ring (bicyclic) bond motifs is 1. The molecule has 0 amide bonds. The smallest absolute Gasteiger partial charge is 0.169 e. The van der Waals surface area contributed by atoms with Crippen molar-refractivity contribution in [1.82, 2.24) is 9.97 Å². The van der Waals surface area contributed by atoms with Crippen LogP contribution in [-0.2, 0) is 4.74 Å². The van der Waals surface area contributed by atoms with Crippen molar-refractivity contribution < 1.29 is 19.3 Å². The van der Waals surface area contributed by atoms with Crippen LogP contribution in [0.15, 0.2) is 73.1 Å². The Balaban J connectivity index is 1.41. The Bertz CT molecular complexity index is 1390. The summed E-state index contributed by atoms with van der Waals surface area (Å²) in [6.45, 7) is 1.03. The number of ether oxygens (including phenoxy) is 3. The SMILES string of the molecule is COc1cc(Nc2ncnc3ccc(C#CC4(O)CCOCC4)cc23)ccc1Oc1ccccc1. The average Bonchev–Trinajstić information content (AvgIpc) is 2.89. The van der Waals surface area contributed by atoms with Gasteiger partial charge in [0.15, 0.2) is 11.5 Å². The molecule has 1 aromatic heterocycles. The second kappa shape index (κ2) is 10.0. The predicted octanol–water partition coefficient (Wildman–Crippen LogP) is 5.07. The van der Waals surface area contributed by atoms with Crippen LogP contribution in [0.25, 0.3) is 10.9 Å². The molecule has 1 aliphatic heterocycles. The number of hydrogen-bond donors (Lipinski definition) is 2. The summed E-state index contributed by atoms with van der Waals surface area (Å²) in [5.74, 6) is 8.71. The Labute approximate surface area is 203 Å². The Morgan fingerprint density at radius 3 is 2.60 bits per heavy atom. The van der Waals surface area contributed by atoms with E-state index in [0.29, 0.717) is 43.4 Å². The lowest BCUT2D eigenvalue weighted by molar-refractivity contribution is -0.0261. The molecule has 35 heavy (non-hydrogen) atoms. The second-order valence-electron chi connectivity index (χ2n) is 8.25. The number of anilines is 2. The van der Waals surface area contributed by atoms with Gasteiger partial charge in [-0.05, 0) is 42.5 Å². The summed E-state index contributed by atoms with van der Waals surface area (Å²) in [4.78, 5) is 8.82. The van der Waals surface area contributed by atoms with Crippen LogP contribution in [0.3, 0.4) is 0 Å². The zero-order valence-corrected chi connectivity index (χ0v) is 19.3. The van der Waals surface area contributed by atoms with Gasteiger partial charge in [0.25, 0.3) is 0 Å². The van der Waals surface area contributed by atoms with Crippen molar-refractivity contribution in [1.29, 1.82) is 0 Å². The molecule has 0 saturated carbocycles. The van der Waals surface area contributed by atoms with Gasteiger partial charge in [-0.1, -0.05) is 30.0 Å². The number of benzene rings is 3.